The number of hydrogen-bond donors (Lipinski definition) is 1. The number of ketones is 1. The van der Waals surface area contributed by atoms with Gasteiger partial charge in [-0.2, -0.15) is 0 Å². The highest BCUT2D eigenvalue weighted by Gasteiger charge is 2.46. The highest BCUT2D eigenvalue weighted by Crippen LogP contribution is 2.44. The first-order valence-corrected chi connectivity index (χ1v) is 11.0. The van der Waals surface area contributed by atoms with Crippen molar-refractivity contribution >= 4 is 40.6 Å². The van der Waals surface area contributed by atoms with Crippen LogP contribution in [0.25, 0.3) is 0 Å². The number of amides is 1. The van der Waals surface area contributed by atoms with Gasteiger partial charge in [-0.1, -0.05) is 49.2 Å². The monoisotopic (exact) mass is 495 g/mol. The first-order chi connectivity index (χ1) is 15.7. The maximum Gasteiger partial charge on any atom is 0.294 e. The van der Waals surface area contributed by atoms with E-state index < -0.39 is 35.2 Å². The van der Waals surface area contributed by atoms with Gasteiger partial charge in [0.2, 0.25) is 0 Å². The van der Waals surface area contributed by atoms with Gasteiger partial charge in [0.25, 0.3) is 5.91 Å². The number of hydrogen-bond acceptors (Lipinski definition) is 5. The molecule has 0 bridgehead atoms. The summed E-state index contributed by atoms with van der Waals surface area (Å²) in [5.74, 6) is -3.41. The Hall–Kier alpha value is -2.45. The summed E-state index contributed by atoms with van der Waals surface area (Å²) in [5.41, 5.74) is 0.775. The van der Waals surface area contributed by atoms with Crippen molar-refractivity contribution in [2.24, 2.45) is 5.92 Å². The number of carbonyl (C=O) groups is 2. The van der Waals surface area contributed by atoms with Gasteiger partial charge >= 0.3 is 0 Å². The summed E-state index contributed by atoms with van der Waals surface area (Å²) in [4.78, 5) is 27.3. The van der Waals surface area contributed by atoms with E-state index in [0.717, 1.165) is 4.90 Å². The number of rotatable bonds is 9. The Morgan fingerprint density at radius 1 is 1.21 bits per heavy atom. The number of nitrogens with zero attached hydrogens (tertiary/aromatic N) is 1. The third-order valence-electron chi connectivity index (χ3n) is 5.28. The molecule has 0 radical (unpaired) electrons. The van der Waals surface area contributed by atoms with Gasteiger partial charge in [0, 0.05) is 18.1 Å². The van der Waals surface area contributed by atoms with E-state index in [1.807, 2.05) is 0 Å². The van der Waals surface area contributed by atoms with Crippen LogP contribution >= 0.6 is 23.2 Å². The van der Waals surface area contributed by atoms with Crippen LogP contribution in [0, 0.1) is 11.7 Å². The molecule has 6 nitrogen and oxygen atoms in total. The Morgan fingerprint density at radius 3 is 2.61 bits per heavy atom. The van der Waals surface area contributed by atoms with E-state index in [0.29, 0.717) is 29.4 Å². The fourth-order valence-electron chi connectivity index (χ4n) is 3.68. The van der Waals surface area contributed by atoms with Crippen molar-refractivity contribution in [2.45, 2.75) is 26.5 Å². The fraction of sp³-hybridized carbons (Fsp3) is 0.333. The van der Waals surface area contributed by atoms with E-state index >= 15 is 4.39 Å². The van der Waals surface area contributed by atoms with Crippen LogP contribution in [0.1, 0.15) is 31.0 Å². The van der Waals surface area contributed by atoms with Crippen molar-refractivity contribution < 1.29 is 28.6 Å². The predicted octanol–water partition coefficient (Wildman–Crippen LogP) is 5.42. The van der Waals surface area contributed by atoms with E-state index in [4.69, 9.17) is 32.7 Å². The molecule has 1 amide bonds. The van der Waals surface area contributed by atoms with Crippen LogP contribution in [0.15, 0.2) is 47.7 Å². The van der Waals surface area contributed by atoms with Crippen molar-refractivity contribution in [3.63, 3.8) is 0 Å². The second-order valence-corrected chi connectivity index (χ2v) is 8.66. The second kappa shape index (κ2) is 10.7. The van der Waals surface area contributed by atoms with Gasteiger partial charge in [-0.05, 0) is 35.4 Å². The molecule has 1 heterocycles. The van der Waals surface area contributed by atoms with Crippen molar-refractivity contribution in [2.75, 3.05) is 25.2 Å². The van der Waals surface area contributed by atoms with Gasteiger partial charge < -0.3 is 14.6 Å². The van der Waals surface area contributed by atoms with Crippen LogP contribution in [-0.2, 0) is 25.7 Å². The SMILES string of the molecule is COCCOCc1cc(Cl)ccc1C1C(C(=O)C(C)C)=C(O)C(=O)N1c1cccc(Cl)c1F. The molecule has 0 aromatic heterocycles. The van der Waals surface area contributed by atoms with E-state index in [2.05, 4.69) is 0 Å². The van der Waals surface area contributed by atoms with E-state index in [9.17, 15) is 14.7 Å². The summed E-state index contributed by atoms with van der Waals surface area (Å²) in [7, 11) is 1.55. The molecular weight excluding hydrogens is 472 g/mol. The average molecular weight is 496 g/mol. The molecule has 2 aromatic carbocycles. The zero-order valence-electron chi connectivity index (χ0n) is 18.4. The molecule has 1 N–H and O–H groups in total. The summed E-state index contributed by atoms with van der Waals surface area (Å²) in [6.07, 6.45) is 0. The maximum atomic E-state index is 15.0. The van der Waals surface area contributed by atoms with Crippen LogP contribution in [0.2, 0.25) is 10.0 Å². The number of benzene rings is 2. The molecule has 0 saturated carbocycles. The molecule has 3 rings (SSSR count). The van der Waals surface area contributed by atoms with Gasteiger partial charge in [0.05, 0.1) is 42.1 Å². The Balaban J connectivity index is 2.20. The molecule has 1 unspecified atom stereocenters. The molecule has 1 aliphatic heterocycles. The van der Waals surface area contributed by atoms with Gasteiger partial charge in [0.15, 0.2) is 17.4 Å². The van der Waals surface area contributed by atoms with Gasteiger partial charge in [-0.25, -0.2) is 4.39 Å². The third kappa shape index (κ3) is 5.06. The molecule has 1 atom stereocenters. The Kier molecular flexibility index (Phi) is 8.13. The minimum absolute atomic E-state index is 0.0969. The van der Waals surface area contributed by atoms with E-state index in [1.54, 1.807) is 39.2 Å². The van der Waals surface area contributed by atoms with Gasteiger partial charge in [0.1, 0.15) is 0 Å². The number of anilines is 1. The summed E-state index contributed by atoms with van der Waals surface area (Å²) >= 11 is 12.2. The Labute approximate surface area is 201 Å². The van der Waals surface area contributed by atoms with E-state index in [1.165, 1.54) is 18.2 Å². The van der Waals surface area contributed by atoms with Crippen LogP contribution in [0.3, 0.4) is 0 Å². The zero-order valence-corrected chi connectivity index (χ0v) is 19.9. The normalized spacial score (nSPS) is 16.3. The molecule has 0 saturated heterocycles. The second-order valence-electron chi connectivity index (χ2n) is 7.82. The first-order valence-electron chi connectivity index (χ1n) is 10.3. The molecule has 0 aliphatic carbocycles. The summed E-state index contributed by atoms with van der Waals surface area (Å²) in [5, 5.41) is 11.0. The molecule has 2 aromatic rings. The number of carbonyl (C=O) groups excluding carboxylic acids is 2. The standard InChI is InChI=1S/C24H24Cl2FNO5/c1-13(2)22(29)19-21(16-8-7-15(25)11-14(16)12-33-10-9-32-3)28(24(31)23(19)30)18-6-4-5-17(26)20(18)27/h4-8,11,13,21,30H,9-10,12H2,1-3H3. The van der Waals surface area contributed by atoms with Crippen LogP contribution in [0.5, 0.6) is 0 Å². The minimum atomic E-state index is -1.10. The van der Waals surface area contributed by atoms with Crippen molar-refractivity contribution in [3.8, 4) is 0 Å². The lowest BCUT2D eigenvalue weighted by molar-refractivity contribution is -0.119. The van der Waals surface area contributed by atoms with Crippen LogP contribution < -0.4 is 4.90 Å². The molecule has 0 fully saturated rings. The topological polar surface area (TPSA) is 76.1 Å². The number of Topliss-reactive ketones (excluding diaryl/α,β-unsaturated/α-hetero) is 1. The first kappa shape index (κ1) is 25.2. The fourth-order valence-corrected chi connectivity index (χ4v) is 4.04. The molecule has 33 heavy (non-hydrogen) atoms. The average Bonchev–Trinajstić information content (AvgIpc) is 3.03. The minimum Gasteiger partial charge on any atom is -0.503 e. The lowest BCUT2D eigenvalue weighted by atomic mass is 9.89. The molecule has 176 valence electrons. The lowest BCUT2D eigenvalue weighted by Crippen LogP contribution is -2.33. The maximum absolute atomic E-state index is 15.0. The van der Waals surface area contributed by atoms with Crippen molar-refractivity contribution in [3.05, 3.63) is 74.7 Å². The number of halogens is 3. The van der Waals surface area contributed by atoms with Crippen molar-refractivity contribution in [1.82, 2.24) is 0 Å². The van der Waals surface area contributed by atoms with E-state index in [-0.39, 0.29) is 22.9 Å². The summed E-state index contributed by atoms with van der Waals surface area (Å²) < 4.78 is 25.7. The zero-order chi connectivity index (χ0) is 24.3. The largest absolute Gasteiger partial charge is 0.503 e. The quantitative estimate of drug-likeness (QED) is 0.470. The van der Waals surface area contributed by atoms with Crippen molar-refractivity contribution in [1.29, 1.82) is 0 Å². The molecule has 9 heteroatoms. The summed E-state index contributed by atoms with van der Waals surface area (Å²) in [6, 6.07) is 7.98. The highest BCUT2D eigenvalue weighted by molar-refractivity contribution is 6.31. The smallest absolute Gasteiger partial charge is 0.294 e. The molecule has 1 aliphatic rings. The lowest BCUT2D eigenvalue weighted by Gasteiger charge is -2.29. The Morgan fingerprint density at radius 2 is 1.94 bits per heavy atom. The predicted molar refractivity (Wildman–Crippen MR) is 124 cm³/mol. The third-order valence-corrected chi connectivity index (χ3v) is 5.80. The van der Waals surface area contributed by atoms with Gasteiger partial charge in [-0.15, -0.1) is 0 Å². The van der Waals surface area contributed by atoms with Crippen LogP contribution in [0.4, 0.5) is 10.1 Å². The number of methoxy groups -OCH3 is 1. The number of aliphatic hydroxyl groups is 1. The van der Waals surface area contributed by atoms with Crippen LogP contribution in [-0.4, -0.2) is 37.1 Å². The number of aliphatic hydroxyl groups excluding tert-OH is 1. The highest BCUT2D eigenvalue weighted by atomic mass is 35.5. The summed E-state index contributed by atoms with van der Waals surface area (Å²) in [6.45, 7) is 4.08. The molecule has 0 spiro atoms. The van der Waals surface area contributed by atoms with Gasteiger partial charge in [-0.3, -0.25) is 14.5 Å². The number of ether oxygens (including phenoxy) is 2. The Bertz CT molecular complexity index is 1100. The molecular formula is C24H24Cl2FNO5.